The monoisotopic (exact) mass is 582 g/mol. The molecule has 0 heterocycles. The molecule has 0 aromatic carbocycles. The van der Waals surface area contributed by atoms with Crippen LogP contribution in [0.1, 0.15) is 93.4 Å². The molecule has 7 nitrogen and oxygen atoms in total. The van der Waals surface area contributed by atoms with Gasteiger partial charge in [-0.1, -0.05) is 70.6 Å². The van der Waals surface area contributed by atoms with Gasteiger partial charge in [-0.05, 0) is 61.2 Å². The molecule has 0 bridgehead atoms. The first-order valence-corrected chi connectivity index (χ1v) is 15.8. The standard InChI is InChI=1S/C35H50O7/c1-9-16-40-33(39)27(32(38)20(2)3)17-21(4)28-12-13-29-26-11-10-24-18-25(41-22(5)36)19-31(42-23(6)37)35(24,8)30(26)14-15-34(28,29)7/h9-11,20-21,25,27-31H,1,12-19H2,2-8H3/t21-,25-,27?,28-,29+,30+,31+,34-,35+/m1/s1. The third-order valence-electron chi connectivity index (χ3n) is 11.1. The molecule has 0 aliphatic heterocycles. The van der Waals surface area contributed by atoms with Crippen molar-refractivity contribution in [1.29, 1.82) is 0 Å². The van der Waals surface area contributed by atoms with Crippen LogP contribution in [0.25, 0.3) is 0 Å². The summed E-state index contributed by atoms with van der Waals surface area (Å²) in [6.07, 6.45) is 11.1. The molecule has 42 heavy (non-hydrogen) atoms. The van der Waals surface area contributed by atoms with Gasteiger partial charge in [-0.2, -0.15) is 0 Å². The molecule has 4 aliphatic rings. The summed E-state index contributed by atoms with van der Waals surface area (Å²) >= 11 is 0. The minimum Gasteiger partial charge on any atom is -0.462 e. The van der Waals surface area contributed by atoms with Crippen molar-refractivity contribution in [2.45, 2.75) is 106 Å². The molecule has 0 aromatic rings. The second-order valence-electron chi connectivity index (χ2n) is 14.0. The Hall–Kier alpha value is -2.70. The van der Waals surface area contributed by atoms with E-state index in [0.29, 0.717) is 31.1 Å². The van der Waals surface area contributed by atoms with E-state index in [1.54, 1.807) is 0 Å². The van der Waals surface area contributed by atoms with Crippen molar-refractivity contribution in [2.75, 3.05) is 6.61 Å². The molecule has 0 radical (unpaired) electrons. The van der Waals surface area contributed by atoms with Crippen LogP contribution >= 0.6 is 0 Å². The molecule has 9 atom stereocenters. The second kappa shape index (κ2) is 12.5. The molecule has 0 N–H and O–H groups in total. The van der Waals surface area contributed by atoms with Crippen molar-refractivity contribution in [2.24, 2.45) is 46.3 Å². The second-order valence-corrected chi connectivity index (χ2v) is 14.0. The van der Waals surface area contributed by atoms with Crippen molar-refractivity contribution < 1.29 is 33.4 Å². The Kier molecular flexibility index (Phi) is 9.59. The number of esters is 3. The van der Waals surface area contributed by atoms with Gasteiger partial charge in [0, 0.05) is 38.0 Å². The molecule has 7 heteroatoms. The first-order valence-electron chi connectivity index (χ1n) is 15.8. The van der Waals surface area contributed by atoms with E-state index < -0.39 is 11.9 Å². The SMILES string of the molecule is C=CCOC(=O)C(C[C@@H](C)[C@H]1CC[C@H]2C3=CC=C4C[C@@H](OC(C)=O)C[C@H](OC(C)=O)[C@]4(C)[C@H]3CC[C@]12C)C(=O)C(C)C. The van der Waals surface area contributed by atoms with Crippen LogP contribution in [0.3, 0.4) is 0 Å². The molecule has 0 amide bonds. The fourth-order valence-corrected chi connectivity index (χ4v) is 9.18. The average Bonchev–Trinajstić information content (AvgIpc) is 3.27. The molecule has 3 fully saturated rings. The fourth-order valence-electron chi connectivity index (χ4n) is 9.18. The van der Waals surface area contributed by atoms with E-state index in [4.69, 9.17) is 14.2 Å². The molecule has 0 saturated heterocycles. The minimum absolute atomic E-state index is 0.0474. The van der Waals surface area contributed by atoms with Gasteiger partial charge in [-0.25, -0.2) is 0 Å². The van der Waals surface area contributed by atoms with Gasteiger partial charge in [0.15, 0.2) is 0 Å². The zero-order valence-corrected chi connectivity index (χ0v) is 26.6. The molecule has 0 aromatic heterocycles. The summed E-state index contributed by atoms with van der Waals surface area (Å²) < 4.78 is 16.9. The van der Waals surface area contributed by atoms with E-state index >= 15 is 0 Å². The summed E-state index contributed by atoms with van der Waals surface area (Å²) in [4.78, 5) is 50.0. The Morgan fingerprint density at radius 2 is 1.69 bits per heavy atom. The Morgan fingerprint density at radius 3 is 2.31 bits per heavy atom. The summed E-state index contributed by atoms with van der Waals surface area (Å²) in [5.41, 5.74) is 2.33. The molecule has 232 valence electrons. The van der Waals surface area contributed by atoms with E-state index in [0.717, 1.165) is 25.7 Å². The Morgan fingerprint density at radius 1 is 1.00 bits per heavy atom. The minimum atomic E-state index is -0.755. The van der Waals surface area contributed by atoms with Crippen molar-refractivity contribution in [3.05, 3.63) is 36.0 Å². The van der Waals surface area contributed by atoms with E-state index in [2.05, 4.69) is 39.5 Å². The van der Waals surface area contributed by atoms with Crippen LogP contribution < -0.4 is 0 Å². The van der Waals surface area contributed by atoms with Crippen LogP contribution in [0.4, 0.5) is 0 Å². The van der Waals surface area contributed by atoms with Crippen LogP contribution in [-0.2, 0) is 33.4 Å². The molecule has 1 unspecified atom stereocenters. The first-order chi connectivity index (χ1) is 19.7. The van der Waals surface area contributed by atoms with E-state index in [-0.39, 0.29) is 65.1 Å². The number of rotatable bonds is 10. The summed E-state index contributed by atoms with van der Waals surface area (Å²) in [6.45, 7) is 17.1. The number of carbonyl (C=O) groups excluding carboxylic acids is 4. The van der Waals surface area contributed by atoms with Crippen LogP contribution in [-0.4, -0.2) is 42.5 Å². The number of hydrogen-bond acceptors (Lipinski definition) is 7. The van der Waals surface area contributed by atoms with Crippen LogP contribution in [0.15, 0.2) is 36.0 Å². The highest BCUT2D eigenvalue weighted by Gasteiger charge is 2.60. The number of ketones is 1. The molecule has 4 rings (SSSR count). The largest absolute Gasteiger partial charge is 0.462 e. The number of fused-ring (bicyclic) bond motifs is 5. The topological polar surface area (TPSA) is 96.0 Å². The van der Waals surface area contributed by atoms with Crippen LogP contribution in [0.5, 0.6) is 0 Å². The Labute approximate surface area is 251 Å². The number of hydrogen-bond donors (Lipinski definition) is 0. The quantitative estimate of drug-likeness (QED) is 0.125. The van der Waals surface area contributed by atoms with Crippen LogP contribution in [0.2, 0.25) is 0 Å². The lowest BCUT2D eigenvalue weighted by atomic mass is 9.49. The van der Waals surface area contributed by atoms with Crippen molar-refractivity contribution in [3.8, 4) is 0 Å². The van der Waals surface area contributed by atoms with Gasteiger partial charge in [-0.15, -0.1) is 0 Å². The highest BCUT2D eigenvalue weighted by molar-refractivity contribution is 5.99. The number of ether oxygens (including phenoxy) is 3. The van der Waals surface area contributed by atoms with E-state index in [9.17, 15) is 19.2 Å². The maximum atomic E-state index is 13.1. The number of Topliss-reactive ketones (excluding diaryl/α,β-unsaturated/α-hetero) is 1. The highest BCUT2D eigenvalue weighted by atomic mass is 16.6. The zero-order chi connectivity index (χ0) is 31.0. The van der Waals surface area contributed by atoms with Crippen molar-refractivity contribution in [3.63, 3.8) is 0 Å². The zero-order valence-electron chi connectivity index (χ0n) is 26.6. The lowest BCUT2D eigenvalue weighted by Gasteiger charge is -2.57. The van der Waals surface area contributed by atoms with Gasteiger partial charge in [0.05, 0.1) is 0 Å². The molecular weight excluding hydrogens is 532 g/mol. The van der Waals surface area contributed by atoms with E-state index in [1.807, 2.05) is 13.8 Å². The summed E-state index contributed by atoms with van der Waals surface area (Å²) in [5, 5.41) is 0. The lowest BCUT2D eigenvalue weighted by Crippen LogP contribution is -2.54. The summed E-state index contributed by atoms with van der Waals surface area (Å²) in [7, 11) is 0. The fraction of sp³-hybridized carbons (Fsp3) is 0.714. The molecule has 0 spiro atoms. The third-order valence-corrected chi connectivity index (χ3v) is 11.1. The highest BCUT2D eigenvalue weighted by Crippen LogP contribution is 2.66. The maximum absolute atomic E-state index is 13.1. The lowest BCUT2D eigenvalue weighted by molar-refractivity contribution is -0.165. The summed E-state index contributed by atoms with van der Waals surface area (Å²) in [5.74, 6) is -0.931. The normalized spacial score (nSPS) is 34.9. The predicted octanol–water partition coefficient (Wildman–Crippen LogP) is 6.56. The Bertz CT molecular complexity index is 1160. The third kappa shape index (κ3) is 5.90. The Balaban J connectivity index is 1.60. The van der Waals surface area contributed by atoms with E-state index in [1.165, 1.54) is 31.1 Å². The molecular formula is C35H50O7. The average molecular weight is 583 g/mol. The predicted molar refractivity (Wildman–Crippen MR) is 160 cm³/mol. The van der Waals surface area contributed by atoms with Gasteiger partial charge in [-0.3, -0.25) is 19.2 Å². The maximum Gasteiger partial charge on any atom is 0.316 e. The van der Waals surface area contributed by atoms with Gasteiger partial charge in [0.2, 0.25) is 0 Å². The number of carbonyl (C=O) groups is 4. The van der Waals surface area contributed by atoms with Gasteiger partial charge < -0.3 is 14.2 Å². The number of allylic oxidation sites excluding steroid dienone is 3. The first kappa shape index (κ1) is 32.2. The smallest absolute Gasteiger partial charge is 0.316 e. The van der Waals surface area contributed by atoms with Crippen molar-refractivity contribution in [1.82, 2.24) is 0 Å². The molecule has 3 saturated carbocycles. The van der Waals surface area contributed by atoms with Crippen molar-refractivity contribution >= 4 is 23.7 Å². The van der Waals surface area contributed by atoms with Crippen LogP contribution in [0, 0.1) is 46.3 Å². The van der Waals surface area contributed by atoms with Gasteiger partial charge >= 0.3 is 17.9 Å². The van der Waals surface area contributed by atoms with Gasteiger partial charge in [0.25, 0.3) is 0 Å². The summed E-state index contributed by atoms with van der Waals surface area (Å²) in [6, 6.07) is 0. The van der Waals surface area contributed by atoms with Gasteiger partial charge in [0.1, 0.15) is 30.5 Å². The molecule has 4 aliphatic carbocycles.